The Kier molecular flexibility index (Phi) is 7.01. The van der Waals surface area contributed by atoms with E-state index in [4.69, 9.17) is 12.2 Å². The fourth-order valence-corrected chi connectivity index (χ4v) is 3.12. The Morgan fingerprint density at radius 3 is 2.12 bits per heavy atom. The lowest BCUT2D eigenvalue weighted by molar-refractivity contribution is 0.628. The molecule has 0 amide bonds. The van der Waals surface area contributed by atoms with Gasteiger partial charge in [0.2, 0.25) is 0 Å². The van der Waals surface area contributed by atoms with Crippen LogP contribution in [0.2, 0.25) is 0 Å². The van der Waals surface area contributed by atoms with Crippen molar-refractivity contribution in [2.24, 2.45) is 0 Å². The van der Waals surface area contributed by atoms with E-state index in [9.17, 15) is 0 Å². The van der Waals surface area contributed by atoms with E-state index < -0.39 is 0 Å². The van der Waals surface area contributed by atoms with Crippen molar-refractivity contribution < 1.29 is 0 Å². The molecule has 2 atom stereocenters. The van der Waals surface area contributed by atoms with Crippen molar-refractivity contribution in [1.82, 2.24) is 5.32 Å². The predicted molar refractivity (Wildman–Crippen MR) is 113 cm³/mol. The van der Waals surface area contributed by atoms with E-state index >= 15 is 0 Å². The molecule has 2 rings (SSSR count). The number of benzene rings is 2. The lowest BCUT2D eigenvalue weighted by Crippen LogP contribution is -2.32. The minimum atomic E-state index is 0.220. The number of aryl methyl sites for hydroxylation is 2. The van der Waals surface area contributed by atoms with Gasteiger partial charge in [-0.15, -0.1) is 0 Å². The average Bonchev–Trinajstić information content (AvgIpc) is 2.62. The van der Waals surface area contributed by atoms with Gasteiger partial charge in [-0.25, -0.2) is 0 Å². The number of hydrogen-bond acceptors (Lipinski definition) is 1. The van der Waals surface area contributed by atoms with Crippen molar-refractivity contribution in [3.63, 3.8) is 0 Å². The minimum Gasteiger partial charge on any atom is -0.356 e. The summed E-state index contributed by atoms with van der Waals surface area (Å²) in [5.41, 5.74) is 6.26. The number of rotatable bonds is 6. The van der Waals surface area contributed by atoms with Crippen molar-refractivity contribution >= 4 is 23.0 Å². The van der Waals surface area contributed by atoms with Crippen LogP contribution in [0.25, 0.3) is 0 Å². The molecule has 0 fully saturated rings. The van der Waals surface area contributed by atoms with E-state index in [1.807, 2.05) is 0 Å². The van der Waals surface area contributed by atoms with Gasteiger partial charge < -0.3 is 10.6 Å². The normalized spacial score (nSPS) is 13.2. The minimum absolute atomic E-state index is 0.220. The molecule has 2 aromatic rings. The van der Waals surface area contributed by atoms with Crippen molar-refractivity contribution in [1.29, 1.82) is 0 Å². The van der Waals surface area contributed by atoms with E-state index in [1.165, 1.54) is 28.7 Å². The van der Waals surface area contributed by atoms with E-state index in [1.54, 1.807) is 0 Å². The molecule has 0 saturated heterocycles. The fourth-order valence-electron chi connectivity index (χ4n) is 2.86. The van der Waals surface area contributed by atoms with Crippen molar-refractivity contribution in [3.8, 4) is 0 Å². The van der Waals surface area contributed by atoms with Crippen LogP contribution in [0.1, 0.15) is 67.8 Å². The van der Waals surface area contributed by atoms with Gasteiger partial charge in [0.25, 0.3) is 0 Å². The Balaban J connectivity index is 2.02. The first-order chi connectivity index (χ1) is 11.9. The van der Waals surface area contributed by atoms with Crippen LogP contribution in [0, 0.1) is 13.8 Å². The Morgan fingerprint density at radius 2 is 1.56 bits per heavy atom. The van der Waals surface area contributed by atoms with Crippen LogP contribution in [0.15, 0.2) is 42.5 Å². The van der Waals surface area contributed by atoms with E-state index in [0.717, 1.165) is 12.1 Å². The largest absolute Gasteiger partial charge is 0.356 e. The molecule has 0 aliphatic rings. The van der Waals surface area contributed by atoms with Gasteiger partial charge in [-0.2, -0.15) is 0 Å². The van der Waals surface area contributed by atoms with Gasteiger partial charge in [-0.3, -0.25) is 0 Å². The van der Waals surface area contributed by atoms with Crippen molar-refractivity contribution in [3.05, 3.63) is 64.7 Å². The molecule has 0 saturated carbocycles. The quantitative estimate of drug-likeness (QED) is 0.599. The highest BCUT2D eigenvalue weighted by Gasteiger charge is 2.12. The smallest absolute Gasteiger partial charge is 0.171 e. The molecule has 0 spiro atoms. The first-order valence-corrected chi connectivity index (χ1v) is 9.60. The van der Waals surface area contributed by atoms with Gasteiger partial charge in [0.05, 0.1) is 6.04 Å². The highest BCUT2D eigenvalue weighted by Crippen LogP contribution is 2.23. The molecule has 25 heavy (non-hydrogen) atoms. The molecule has 0 bridgehead atoms. The summed E-state index contributed by atoms with van der Waals surface area (Å²) in [6.07, 6.45) is 2.15. The zero-order chi connectivity index (χ0) is 18.4. The van der Waals surface area contributed by atoms with Crippen LogP contribution in [-0.2, 0) is 0 Å². The summed E-state index contributed by atoms with van der Waals surface area (Å²) in [7, 11) is 0. The summed E-state index contributed by atoms with van der Waals surface area (Å²) in [6.45, 7) is 10.9. The third kappa shape index (κ3) is 5.30. The standard InChI is InChI=1S/C22H30N2S/c1-6-15(3)18-9-11-19(12-10-18)21(7-2)24-22(25)23-20-13-8-16(4)17(5)14-20/h8-15,21H,6-7H2,1-5H3,(H2,23,24,25). The Hall–Kier alpha value is -1.87. The molecular weight excluding hydrogens is 324 g/mol. The topological polar surface area (TPSA) is 24.1 Å². The molecular formula is C22H30N2S. The van der Waals surface area contributed by atoms with Gasteiger partial charge in [0, 0.05) is 5.69 Å². The predicted octanol–water partition coefficient (Wildman–Crippen LogP) is 6.25. The van der Waals surface area contributed by atoms with E-state index in [-0.39, 0.29) is 6.04 Å². The maximum Gasteiger partial charge on any atom is 0.171 e. The second-order valence-corrected chi connectivity index (χ2v) is 7.24. The monoisotopic (exact) mass is 354 g/mol. The second-order valence-electron chi connectivity index (χ2n) is 6.83. The zero-order valence-corrected chi connectivity index (χ0v) is 16.8. The Bertz CT molecular complexity index is 706. The third-order valence-corrected chi connectivity index (χ3v) is 5.22. The van der Waals surface area contributed by atoms with Crippen LogP contribution >= 0.6 is 12.2 Å². The fraction of sp³-hybridized carbons (Fsp3) is 0.409. The first-order valence-electron chi connectivity index (χ1n) is 9.19. The Labute approximate surface area is 158 Å². The summed E-state index contributed by atoms with van der Waals surface area (Å²) in [4.78, 5) is 0. The molecule has 0 aromatic heterocycles. The zero-order valence-electron chi connectivity index (χ0n) is 16.0. The molecule has 2 aromatic carbocycles. The molecule has 0 aliphatic heterocycles. The maximum atomic E-state index is 5.52. The number of hydrogen-bond donors (Lipinski definition) is 2. The molecule has 0 radical (unpaired) electrons. The van der Waals surface area contributed by atoms with Gasteiger partial charge in [-0.1, -0.05) is 51.1 Å². The average molecular weight is 355 g/mol. The van der Waals surface area contributed by atoms with Gasteiger partial charge in [0.1, 0.15) is 0 Å². The van der Waals surface area contributed by atoms with Crippen LogP contribution < -0.4 is 10.6 Å². The first kappa shape index (κ1) is 19.5. The molecule has 134 valence electrons. The molecule has 0 heterocycles. The van der Waals surface area contributed by atoms with Gasteiger partial charge >= 0.3 is 0 Å². The second kappa shape index (κ2) is 9.00. The SMILES string of the molecule is CCC(C)c1ccc(C(CC)NC(=S)Nc2ccc(C)c(C)c2)cc1. The van der Waals surface area contributed by atoms with Crippen molar-refractivity contribution in [2.45, 2.75) is 59.4 Å². The lowest BCUT2D eigenvalue weighted by atomic mass is 9.95. The molecule has 2 nitrogen and oxygen atoms in total. The van der Waals surface area contributed by atoms with Gasteiger partial charge in [0.15, 0.2) is 5.11 Å². The molecule has 2 unspecified atom stereocenters. The number of anilines is 1. The molecule has 3 heteroatoms. The molecule has 2 N–H and O–H groups in total. The van der Waals surface area contributed by atoms with Crippen LogP contribution in [0.4, 0.5) is 5.69 Å². The van der Waals surface area contributed by atoms with Crippen LogP contribution in [0.5, 0.6) is 0 Å². The summed E-state index contributed by atoms with van der Waals surface area (Å²) in [5.74, 6) is 0.606. The Morgan fingerprint density at radius 1 is 0.920 bits per heavy atom. The van der Waals surface area contributed by atoms with E-state index in [0.29, 0.717) is 11.0 Å². The van der Waals surface area contributed by atoms with Gasteiger partial charge in [-0.05, 0) is 79.2 Å². The summed E-state index contributed by atoms with van der Waals surface area (Å²) in [5, 5.41) is 7.42. The third-order valence-electron chi connectivity index (χ3n) is 5.00. The van der Waals surface area contributed by atoms with Crippen molar-refractivity contribution in [2.75, 3.05) is 5.32 Å². The maximum absolute atomic E-state index is 5.52. The summed E-state index contributed by atoms with van der Waals surface area (Å²) in [6, 6.07) is 15.5. The van der Waals surface area contributed by atoms with Crippen LogP contribution in [0.3, 0.4) is 0 Å². The lowest BCUT2D eigenvalue weighted by Gasteiger charge is -2.21. The number of nitrogens with one attached hydrogen (secondary N) is 2. The van der Waals surface area contributed by atoms with Crippen LogP contribution in [-0.4, -0.2) is 5.11 Å². The summed E-state index contributed by atoms with van der Waals surface area (Å²) >= 11 is 5.52. The molecule has 0 aliphatic carbocycles. The van der Waals surface area contributed by atoms with E-state index in [2.05, 4.69) is 87.7 Å². The number of thiocarbonyl (C=S) groups is 1. The summed E-state index contributed by atoms with van der Waals surface area (Å²) < 4.78 is 0. The highest BCUT2D eigenvalue weighted by atomic mass is 32.1. The highest BCUT2D eigenvalue weighted by molar-refractivity contribution is 7.80.